The third kappa shape index (κ3) is 2.85. The highest BCUT2D eigenvalue weighted by atomic mass is 16.5. The lowest BCUT2D eigenvalue weighted by Crippen LogP contribution is -2.12. The Morgan fingerprint density at radius 3 is 2.50 bits per heavy atom. The highest BCUT2D eigenvalue weighted by molar-refractivity contribution is 5.97. The van der Waals surface area contributed by atoms with E-state index in [0.29, 0.717) is 12.8 Å². The zero-order chi connectivity index (χ0) is 12.1. The number of ketones is 1. The van der Waals surface area contributed by atoms with Crippen molar-refractivity contribution in [2.75, 3.05) is 7.11 Å². The van der Waals surface area contributed by atoms with Crippen LogP contribution < -0.4 is 0 Å². The second kappa shape index (κ2) is 5.34. The van der Waals surface area contributed by atoms with Crippen molar-refractivity contribution in [1.82, 2.24) is 0 Å². The highest BCUT2D eigenvalue weighted by Gasteiger charge is 2.21. The van der Waals surface area contributed by atoms with Crippen molar-refractivity contribution in [2.24, 2.45) is 0 Å². The molecule has 0 aromatic heterocycles. The molecule has 0 saturated heterocycles. The van der Waals surface area contributed by atoms with E-state index in [4.69, 9.17) is 0 Å². The predicted molar refractivity (Wildman–Crippen MR) is 55.9 cm³/mol. The number of carbonyl (C=O) groups excluding carboxylic acids is 2. The Labute approximate surface area is 93.0 Å². The molecular weight excluding hydrogens is 212 g/mol. The first-order chi connectivity index (χ1) is 7.56. The number of Topliss-reactive ketones (excluding diaryl/α,β-unsaturated/α-hetero) is 1. The normalized spacial score (nSPS) is 20.6. The van der Waals surface area contributed by atoms with Crippen molar-refractivity contribution in [3.05, 3.63) is 23.2 Å². The molecule has 0 unspecified atom stereocenters. The molecule has 0 spiro atoms. The summed E-state index contributed by atoms with van der Waals surface area (Å²) in [6, 6.07) is 0. The van der Waals surface area contributed by atoms with Gasteiger partial charge in [-0.2, -0.15) is 0 Å². The van der Waals surface area contributed by atoms with Crippen molar-refractivity contribution in [3.63, 3.8) is 0 Å². The van der Waals surface area contributed by atoms with E-state index in [1.807, 2.05) is 0 Å². The number of methoxy groups -OCH3 is 1. The number of aliphatic hydroxyl groups excluding tert-OH is 2. The van der Waals surface area contributed by atoms with Gasteiger partial charge in [0.25, 0.3) is 0 Å². The van der Waals surface area contributed by atoms with Crippen molar-refractivity contribution >= 4 is 11.8 Å². The summed E-state index contributed by atoms with van der Waals surface area (Å²) in [6.07, 6.45) is 3.10. The van der Waals surface area contributed by atoms with Crippen LogP contribution in [0.1, 0.15) is 25.7 Å². The molecule has 0 aromatic carbocycles. The fourth-order valence-corrected chi connectivity index (χ4v) is 1.52. The molecule has 1 saturated carbocycles. The van der Waals surface area contributed by atoms with Crippen molar-refractivity contribution < 1.29 is 24.5 Å². The third-order valence-electron chi connectivity index (χ3n) is 2.40. The minimum absolute atomic E-state index is 0.184. The molecule has 0 amide bonds. The van der Waals surface area contributed by atoms with Gasteiger partial charge in [-0.15, -0.1) is 0 Å². The van der Waals surface area contributed by atoms with Gasteiger partial charge in [-0.25, -0.2) is 4.79 Å². The molecule has 0 aliphatic heterocycles. The topological polar surface area (TPSA) is 83.8 Å². The summed E-state index contributed by atoms with van der Waals surface area (Å²) in [5, 5.41) is 19.0. The van der Waals surface area contributed by atoms with Gasteiger partial charge in [0.05, 0.1) is 13.2 Å². The molecule has 0 heterocycles. The van der Waals surface area contributed by atoms with Gasteiger partial charge < -0.3 is 14.9 Å². The Balaban J connectivity index is 2.93. The van der Waals surface area contributed by atoms with Gasteiger partial charge in [-0.05, 0) is 19.3 Å². The maximum atomic E-state index is 11.4. The standard InChI is InChI=1S/C11H14O5/c1-16-10(14)6-9(13)11(15)7-4-2-3-5-8(7)12/h6,13,15H,2-5H2,1H3. The number of ether oxygens (including phenoxy) is 1. The first-order valence-corrected chi connectivity index (χ1v) is 5.00. The summed E-state index contributed by atoms with van der Waals surface area (Å²) < 4.78 is 4.29. The molecule has 0 radical (unpaired) electrons. The molecule has 5 nitrogen and oxygen atoms in total. The number of aliphatic hydroxyl groups is 2. The summed E-state index contributed by atoms with van der Waals surface area (Å²) in [5.74, 6) is -2.12. The molecule has 1 fully saturated rings. The fourth-order valence-electron chi connectivity index (χ4n) is 1.52. The van der Waals surface area contributed by atoms with Crippen LogP contribution in [0.4, 0.5) is 0 Å². The molecule has 16 heavy (non-hydrogen) atoms. The van der Waals surface area contributed by atoms with Gasteiger partial charge >= 0.3 is 5.97 Å². The molecule has 0 atom stereocenters. The van der Waals surface area contributed by atoms with Crippen LogP contribution in [0.15, 0.2) is 23.2 Å². The molecule has 0 aromatic rings. The SMILES string of the molecule is COC(=O)C=C(O)C(O)=C1CCCCC1=O. The molecule has 1 aliphatic carbocycles. The lowest BCUT2D eigenvalue weighted by Gasteiger charge is -2.14. The minimum Gasteiger partial charge on any atom is -0.504 e. The van der Waals surface area contributed by atoms with Gasteiger partial charge in [0.15, 0.2) is 17.3 Å². The molecule has 1 rings (SSSR count). The predicted octanol–water partition coefficient (Wildman–Crippen LogP) is 1.56. The summed E-state index contributed by atoms with van der Waals surface area (Å²) in [6.45, 7) is 0. The lowest BCUT2D eigenvalue weighted by molar-refractivity contribution is -0.135. The number of carbonyl (C=O) groups is 2. The quantitative estimate of drug-likeness (QED) is 0.424. The van der Waals surface area contributed by atoms with Gasteiger partial charge in [0.1, 0.15) is 0 Å². The molecule has 1 aliphatic rings. The maximum Gasteiger partial charge on any atom is 0.334 e. The van der Waals surface area contributed by atoms with Crippen LogP contribution in [0, 0.1) is 0 Å². The van der Waals surface area contributed by atoms with Gasteiger partial charge in [-0.3, -0.25) is 4.79 Å². The van der Waals surface area contributed by atoms with Gasteiger partial charge in [0.2, 0.25) is 0 Å². The Bertz CT molecular complexity index is 365. The minimum atomic E-state index is -0.784. The maximum absolute atomic E-state index is 11.4. The summed E-state index contributed by atoms with van der Waals surface area (Å²) in [7, 11) is 1.15. The van der Waals surface area contributed by atoms with E-state index in [9.17, 15) is 19.8 Å². The molecule has 88 valence electrons. The second-order valence-corrected chi connectivity index (χ2v) is 3.51. The van der Waals surface area contributed by atoms with Gasteiger partial charge in [-0.1, -0.05) is 0 Å². The Morgan fingerprint density at radius 1 is 1.31 bits per heavy atom. The van der Waals surface area contributed by atoms with Crippen LogP contribution in [0.25, 0.3) is 0 Å². The lowest BCUT2D eigenvalue weighted by atomic mass is 9.92. The van der Waals surface area contributed by atoms with Crippen molar-refractivity contribution in [1.29, 1.82) is 0 Å². The van der Waals surface area contributed by atoms with Crippen molar-refractivity contribution in [2.45, 2.75) is 25.7 Å². The second-order valence-electron chi connectivity index (χ2n) is 3.51. The average Bonchev–Trinajstić information content (AvgIpc) is 2.28. The van der Waals surface area contributed by atoms with E-state index in [-0.39, 0.29) is 11.4 Å². The molecule has 2 N–H and O–H groups in total. The number of rotatable bonds is 2. The molecular formula is C11H14O5. The zero-order valence-electron chi connectivity index (χ0n) is 9.02. The average molecular weight is 226 g/mol. The largest absolute Gasteiger partial charge is 0.504 e. The highest BCUT2D eigenvalue weighted by Crippen LogP contribution is 2.24. The molecule has 5 heteroatoms. The molecule has 0 bridgehead atoms. The van der Waals surface area contributed by atoms with E-state index >= 15 is 0 Å². The van der Waals surface area contributed by atoms with Crippen LogP contribution in [-0.4, -0.2) is 29.1 Å². The third-order valence-corrected chi connectivity index (χ3v) is 2.40. The van der Waals surface area contributed by atoms with Crippen LogP contribution in [-0.2, 0) is 14.3 Å². The van der Waals surface area contributed by atoms with Crippen LogP contribution in [0.3, 0.4) is 0 Å². The van der Waals surface area contributed by atoms with Gasteiger partial charge in [0, 0.05) is 12.0 Å². The summed E-state index contributed by atoms with van der Waals surface area (Å²) >= 11 is 0. The van der Waals surface area contributed by atoms with E-state index in [0.717, 1.165) is 26.0 Å². The van der Waals surface area contributed by atoms with E-state index in [2.05, 4.69) is 4.74 Å². The van der Waals surface area contributed by atoms with E-state index in [1.54, 1.807) is 0 Å². The first-order valence-electron chi connectivity index (χ1n) is 5.00. The number of allylic oxidation sites excluding steroid dienone is 1. The van der Waals surface area contributed by atoms with Crippen LogP contribution >= 0.6 is 0 Å². The van der Waals surface area contributed by atoms with E-state index in [1.165, 1.54) is 0 Å². The Morgan fingerprint density at radius 2 is 1.94 bits per heavy atom. The van der Waals surface area contributed by atoms with Crippen LogP contribution in [0.5, 0.6) is 0 Å². The number of hydrogen-bond donors (Lipinski definition) is 2. The van der Waals surface area contributed by atoms with Crippen LogP contribution in [0.2, 0.25) is 0 Å². The monoisotopic (exact) mass is 226 g/mol. The zero-order valence-corrected chi connectivity index (χ0v) is 9.02. The Kier molecular flexibility index (Phi) is 4.10. The van der Waals surface area contributed by atoms with Crippen molar-refractivity contribution in [3.8, 4) is 0 Å². The van der Waals surface area contributed by atoms with E-state index < -0.39 is 17.5 Å². The Hall–Kier alpha value is -1.78. The number of hydrogen-bond acceptors (Lipinski definition) is 5. The smallest absolute Gasteiger partial charge is 0.334 e. The summed E-state index contributed by atoms with van der Waals surface area (Å²) in [5.41, 5.74) is 0.184. The first kappa shape index (κ1) is 12.3. The number of esters is 1. The fraction of sp³-hybridized carbons (Fsp3) is 0.455. The summed E-state index contributed by atoms with van der Waals surface area (Å²) in [4.78, 5) is 22.2.